The summed E-state index contributed by atoms with van der Waals surface area (Å²) >= 11 is 0. The van der Waals surface area contributed by atoms with E-state index in [0.717, 1.165) is 0 Å². The quantitative estimate of drug-likeness (QED) is 0.0167. The maximum Gasteiger partial charge on any atom is 0.245 e. The van der Waals surface area contributed by atoms with E-state index in [-0.39, 0.29) is 69.9 Å². The van der Waals surface area contributed by atoms with Gasteiger partial charge in [-0.1, -0.05) is 54.6 Å². The number of amides is 10. The van der Waals surface area contributed by atoms with Crippen LogP contribution >= 0.6 is 0 Å². The molecule has 10 amide bonds. The van der Waals surface area contributed by atoms with Crippen LogP contribution in [0.1, 0.15) is 87.8 Å². The number of benzene rings is 3. The zero-order chi connectivity index (χ0) is 58.7. The summed E-state index contributed by atoms with van der Waals surface area (Å²) in [6, 6.07) is 11.7. The van der Waals surface area contributed by atoms with E-state index in [1.807, 2.05) is 6.92 Å². The standard InChI is InChI=1S/C54H76N14O12/c1-2-80-36-21-17-33(18-22-36)29-40(62-46(72)30-34-15-19-35(69)20-16-34)49(75)66-41(28-32-10-4-3-5-11-32)50(76)64-38(23-24-44(56)70)48(74)67-42(31-45(57)71)51(77)65-39(12-6-7-25-55)53(79)68-27-9-14-43(68)52(78)63-37(47(58)73)13-8-26-61-54(59)60/h3-5,10-11,15-22,37-43,69H,2,6-9,12-14,23-31,55H2,1H3,(H2,56,70)(H2,57,71)(H2,58,73)(H,62,72)(H,63,78)(H,64,76)(H,65,77)(H,66,75)(H,67,74)(H4,59,60,61)/t37-,38-,39-,40+,41-,42-,43-/m0/s1. The predicted octanol–water partition coefficient (Wildman–Crippen LogP) is -2.47. The fourth-order valence-corrected chi connectivity index (χ4v) is 8.80. The summed E-state index contributed by atoms with van der Waals surface area (Å²) in [5, 5.41) is 25.4. The van der Waals surface area contributed by atoms with Crippen molar-refractivity contribution in [2.24, 2.45) is 39.4 Å². The number of carbonyl (C=O) groups is 10. The smallest absolute Gasteiger partial charge is 0.245 e. The van der Waals surface area contributed by atoms with E-state index in [0.29, 0.717) is 54.7 Å². The maximum absolute atomic E-state index is 14.5. The molecule has 0 aliphatic carbocycles. The van der Waals surface area contributed by atoms with Crippen LogP contribution in [-0.4, -0.2) is 144 Å². The van der Waals surface area contributed by atoms with Crippen molar-refractivity contribution in [3.63, 3.8) is 0 Å². The van der Waals surface area contributed by atoms with E-state index >= 15 is 0 Å². The molecule has 3 aromatic carbocycles. The minimum Gasteiger partial charge on any atom is -0.508 e. The van der Waals surface area contributed by atoms with Crippen LogP contribution in [0.5, 0.6) is 11.5 Å². The number of aromatic hydroxyl groups is 1. The second-order valence-corrected chi connectivity index (χ2v) is 19.2. The molecule has 434 valence electrons. The first-order valence-electron chi connectivity index (χ1n) is 26.4. The Morgan fingerprint density at radius 1 is 0.625 bits per heavy atom. The van der Waals surface area contributed by atoms with Gasteiger partial charge >= 0.3 is 0 Å². The highest BCUT2D eigenvalue weighted by Gasteiger charge is 2.40. The molecular formula is C54H76N14O12. The van der Waals surface area contributed by atoms with Gasteiger partial charge in [0, 0.05) is 32.4 Å². The molecule has 0 radical (unpaired) electrons. The number of ether oxygens (including phenoxy) is 1. The van der Waals surface area contributed by atoms with Crippen LogP contribution in [0.4, 0.5) is 0 Å². The number of guanidine groups is 1. The van der Waals surface area contributed by atoms with Gasteiger partial charge in [-0.25, -0.2) is 0 Å². The summed E-state index contributed by atoms with van der Waals surface area (Å²) < 4.78 is 5.56. The van der Waals surface area contributed by atoms with Crippen LogP contribution in [0.25, 0.3) is 0 Å². The second kappa shape index (κ2) is 32.8. The molecule has 4 rings (SSSR count). The number of hydrogen-bond acceptors (Lipinski definition) is 14. The summed E-state index contributed by atoms with van der Waals surface area (Å²) in [5.41, 5.74) is 34.9. The number of aliphatic imine (C=N–C) groups is 1. The SMILES string of the molecule is CCOc1ccc(C[C@@H](NC(=O)Cc2ccc(O)cc2)C(=O)N[C@@H](Cc2ccccc2)C(=O)N[C@@H](CCC(N)=O)C(=O)N[C@@H](CC(N)=O)C(=O)N[C@@H](CCCCN)C(=O)N2CCC[C@H]2C(=O)N[C@@H](CCCN=C(N)N)C(N)=O)cc1. The topological polar surface area (TPSA) is 444 Å². The van der Waals surface area contributed by atoms with E-state index < -0.39 is 121 Å². The first-order chi connectivity index (χ1) is 38.2. The highest BCUT2D eigenvalue weighted by atomic mass is 16.5. The molecule has 80 heavy (non-hydrogen) atoms. The monoisotopic (exact) mass is 1110 g/mol. The summed E-state index contributed by atoms with van der Waals surface area (Å²) in [6.07, 6.45) is -0.297. The molecule has 26 nitrogen and oxygen atoms in total. The first-order valence-corrected chi connectivity index (χ1v) is 26.4. The van der Waals surface area contributed by atoms with Gasteiger partial charge in [0.25, 0.3) is 0 Å². The van der Waals surface area contributed by atoms with Gasteiger partial charge in [0.15, 0.2) is 5.96 Å². The number of nitrogens with zero attached hydrogens (tertiary/aromatic N) is 2. The van der Waals surface area contributed by atoms with Crippen LogP contribution < -0.4 is 71.0 Å². The van der Waals surface area contributed by atoms with Crippen molar-refractivity contribution in [1.82, 2.24) is 36.8 Å². The Hall–Kier alpha value is -8.81. The third-order valence-corrected chi connectivity index (χ3v) is 12.9. The molecular weight excluding hydrogens is 1040 g/mol. The van der Waals surface area contributed by atoms with Crippen molar-refractivity contribution in [2.45, 2.75) is 133 Å². The van der Waals surface area contributed by atoms with Gasteiger partial charge in [0.1, 0.15) is 53.8 Å². The molecule has 0 aromatic heterocycles. The molecule has 1 heterocycles. The van der Waals surface area contributed by atoms with Crippen molar-refractivity contribution >= 4 is 65.0 Å². The van der Waals surface area contributed by atoms with Crippen molar-refractivity contribution < 1.29 is 57.8 Å². The highest BCUT2D eigenvalue weighted by molar-refractivity contribution is 5.99. The predicted molar refractivity (Wildman–Crippen MR) is 294 cm³/mol. The number of unbranched alkanes of at least 4 members (excludes halogenated alkanes) is 1. The van der Waals surface area contributed by atoms with Gasteiger partial charge in [0.2, 0.25) is 59.1 Å². The minimum atomic E-state index is -1.76. The third kappa shape index (κ3) is 21.9. The van der Waals surface area contributed by atoms with E-state index in [1.54, 1.807) is 66.7 Å². The number of nitrogens with one attached hydrogen (secondary N) is 6. The summed E-state index contributed by atoms with van der Waals surface area (Å²) in [5.74, 6) is -8.06. The lowest BCUT2D eigenvalue weighted by Gasteiger charge is -2.31. The largest absolute Gasteiger partial charge is 0.508 e. The van der Waals surface area contributed by atoms with E-state index in [9.17, 15) is 53.1 Å². The third-order valence-electron chi connectivity index (χ3n) is 12.9. The van der Waals surface area contributed by atoms with Crippen molar-refractivity contribution in [3.8, 4) is 11.5 Å². The Bertz CT molecular complexity index is 2620. The molecule has 19 N–H and O–H groups in total. The Morgan fingerprint density at radius 3 is 1.79 bits per heavy atom. The lowest BCUT2D eigenvalue weighted by molar-refractivity contribution is -0.142. The van der Waals surface area contributed by atoms with Crippen molar-refractivity contribution in [2.75, 3.05) is 26.2 Å². The lowest BCUT2D eigenvalue weighted by Crippen LogP contribution is -2.60. The van der Waals surface area contributed by atoms with Crippen LogP contribution in [0.15, 0.2) is 83.9 Å². The number of primary amides is 3. The molecule has 0 bridgehead atoms. The normalized spacial score (nSPS) is 15.0. The van der Waals surface area contributed by atoms with Gasteiger partial charge < -0.3 is 81.0 Å². The molecule has 1 saturated heterocycles. The number of carbonyl (C=O) groups excluding carboxylic acids is 10. The molecule has 1 aliphatic heterocycles. The summed E-state index contributed by atoms with van der Waals surface area (Å²) in [4.78, 5) is 141. The molecule has 0 spiro atoms. The maximum atomic E-state index is 14.5. The molecule has 0 saturated carbocycles. The Labute approximate surface area is 463 Å². The molecule has 1 aliphatic rings. The van der Waals surface area contributed by atoms with Crippen molar-refractivity contribution in [3.05, 3.63) is 95.6 Å². The van der Waals surface area contributed by atoms with E-state index in [4.69, 9.17) is 39.1 Å². The van der Waals surface area contributed by atoms with Gasteiger partial charge in [-0.2, -0.15) is 0 Å². The zero-order valence-corrected chi connectivity index (χ0v) is 44.9. The van der Waals surface area contributed by atoms with E-state index in [1.165, 1.54) is 17.0 Å². The number of likely N-dealkylation sites (tertiary alicyclic amines) is 1. The van der Waals surface area contributed by atoms with Crippen LogP contribution in [-0.2, 0) is 67.2 Å². The first kappa shape index (κ1) is 63.7. The Kier molecular flexibility index (Phi) is 26.1. The fraction of sp³-hybridized carbons (Fsp3) is 0.463. The summed E-state index contributed by atoms with van der Waals surface area (Å²) in [7, 11) is 0. The van der Waals surface area contributed by atoms with E-state index in [2.05, 4.69) is 36.9 Å². The average molecular weight is 1110 g/mol. The second-order valence-electron chi connectivity index (χ2n) is 19.2. The number of nitrogens with two attached hydrogens (primary N) is 6. The Balaban J connectivity index is 1.59. The van der Waals surface area contributed by atoms with Gasteiger partial charge in [0.05, 0.1) is 19.4 Å². The van der Waals surface area contributed by atoms with Crippen LogP contribution in [0, 0.1) is 0 Å². The zero-order valence-electron chi connectivity index (χ0n) is 44.9. The molecule has 0 unspecified atom stereocenters. The molecule has 3 aromatic rings. The van der Waals surface area contributed by atoms with Crippen LogP contribution in [0.3, 0.4) is 0 Å². The highest BCUT2D eigenvalue weighted by Crippen LogP contribution is 2.21. The van der Waals surface area contributed by atoms with Crippen LogP contribution in [0.2, 0.25) is 0 Å². The molecule has 1 fully saturated rings. The summed E-state index contributed by atoms with van der Waals surface area (Å²) in [6.45, 7) is 2.73. The van der Waals surface area contributed by atoms with Gasteiger partial charge in [-0.3, -0.25) is 52.9 Å². The lowest BCUT2D eigenvalue weighted by atomic mass is 10.0. The number of rotatable bonds is 34. The molecule has 26 heteroatoms. The van der Waals surface area contributed by atoms with Crippen molar-refractivity contribution in [1.29, 1.82) is 0 Å². The fourth-order valence-electron chi connectivity index (χ4n) is 8.80. The van der Waals surface area contributed by atoms with Gasteiger partial charge in [-0.15, -0.1) is 0 Å². The minimum absolute atomic E-state index is 0.00684. The average Bonchev–Trinajstić information content (AvgIpc) is 3.92. The van der Waals surface area contributed by atoms with Gasteiger partial charge in [-0.05, 0) is 106 Å². The number of phenols is 1. The number of hydrogen-bond donors (Lipinski definition) is 13. The number of phenolic OH excluding ortho intramolecular Hbond substituents is 1. The molecule has 7 atom stereocenters. The Morgan fingerprint density at radius 2 is 1.19 bits per heavy atom.